The first-order valence-corrected chi connectivity index (χ1v) is 8.27. The summed E-state index contributed by atoms with van der Waals surface area (Å²) in [5.74, 6) is 1.92. The molecule has 0 saturated carbocycles. The summed E-state index contributed by atoms with van der Waals surface area (Å²) in [5, 5.41) is 0. The van der Waals surface area contributed by atoms with Crippen LogP contribution in [0.3, 0.4) is 0 Å². The third-order valence-electron chi connectivity index (χ3n) is 4.84. The van der Waals surface area contributed by atoms with Crippen LogP contribution in [-0.4, -0.2) is 24.1 Å². The molecule has 1 saturated heterocycles. The van der Waals surface area contributed by atoms with Crippen LogP contribution < -0.4 is 10.6 Å². The fourth-order valence-corrected chi connectivity index (χ4v) is 3.18. The van der Waals surface area contributed by atoms with Gasteiger partial charge in [0.15, 0.2) is 0 Å². The third kappa shape index (κ3) is 3.97. The summed E-state index contributed by atoms with van der Waals surface area (Å²) in [4.78, 5) is 7.19. The molecule has 3 heteroatoms. The molecule has 1 aromatic heterocycles. The number of aryl methyl sites for hydroxylation is 1. The van der Waals surface area contributed by atoms with Gasteiger partial charge in [-0.25, -0.2) is 4.98 Å². The quantitative estimate of drug-likeness (QED) is 0.922. The van der Waals surface area contributed by atoms with Crippen LogP contribution in [-0.2, 0) is 6.42 Å². The lowest BCUT2D eigenvalue weighted by Crippen LogP contribution is -2.27. The summed E-state index contributed by atoms with van der Waals surface area (Å²) in [6.07, 6.45) is 5.23. The first-order chi connectivity index (χ1) is 9.81. The third-order valence-corrected chi connectivity index (χ3v) is 4.84. The van der Waals surface area contributed by atoms with Crippen LogP contribution in [0.4, 0.5) is 5.82 Å². The van der Waals surface area contributed by atoms with E-state index >= 15 is 0 Å². The highest BCUT2D eigenvalue weighted by Crippen LogP contribution is 2.35. The van der Waals surface area contributed by atoms with E-state index in [4.69, 9.17) is 10.7 Å². The average Bonchev–Trinajstić information content (AvgIpc) is 2.88. The van der Waals surface area contributed by atoms with Gasteiger partial charge in [0.1, 0.15) is 5.82 Å². The highest BCUT2D eigenvalue weighted by Gasteiger charge is 2.32. The Bertz CT molecular complexity index is 476. The molecule has 2 N–H and O–H groups in total. The fourth-order valence-electron chi connectivity index (χ4n) is 3.18. The molecule has 118 valence electrons. The zero-order chi connectivity index (χ0) is 15.6. The summed E-state index contributed by atoms with van der Waals surface area (Å²) in [7, 11) is 0. The molecule has 2 unspecified atom stereocenters. The topological polar surface area (TPSA) is 42.1 Å². The van der Waals surface area contributed by atoms with Gasteiger partial charge in [-0.3, -0.25) is 0 Å². The lowest BCUT2D eigenvalue weighted by Gasteiger charge is -2.27. The molecule has 0 bridgehead atoms. The maximum absolute atomic E-state index is 6.04. The minimum atomic E-state index is 0.245. The molecule has 21 heavy (non-hydrogen) atoms. The van der Waals surface area contributed by atoms with E-state index in [1.807, 2.05) is 6.20 Å². The monoisotopic (exact) mass is 289 g/mol. The number of aromatic nitrogens is 1. The molecule has 2 heterocycles. The molecule has 2 rings (SSSR count). The highest BCUT2D eigenvalue weighted by atomic mass is 15.2. The number of pyridine rings is 1. The van der Waals surface area contributed by atoms with Gasteiger partial charge in [-0.2, -0.15) is 0 Å². The molecule has 0 aromatic carbocycles. The summed E-state index contributed by atoms with van der Waals surface area (Å²) in [6, 6.07) is 2.51. The Morgan fingerprint density at radius 2 is 2.14 bits per heavy atom. The standard InChI is InChI=1S/C18H31N3/c1-6-16(19)10-14-9-13(2)17(20-11-14)21-8-7-15(12-21)18(3,4)5/h9,11,15-16H,6-8,10,12,19H2,1-5H3. The van der Waals surface area contributed by atoms with Gasteiger partial charge in [0, 0.05) is 25.3 Å². The molecule has 1 aromatic rings. The van der Waals surface area contributed by atoms with E-state index in [0.717, 1.165) is 37.7 Å². The predicted molar refractivity (Wildman–Crippen MR) is 90.7 cm³/mol. The predicted octanol–water partition coefficient (Wildman–Crippen LogP) is 3.54. The van der Waals surface area contributed by atoms with Crippen molar-refractivity contribution in [3.05, 3.63) is 23.4 Å². The number of rotatable bonds is 4. The van der Waals surface area contributed by atoms with Crippen molar-refractivity contribution >= 4 is 5.82 Å². The summed E-state index contributed by atoms with van der Waals surface area (Å²) >= 11 is 0. The Labute approximate surface area is 129 Å². The molecular formula is C18H31N3. The van der Waals surface area contributed by atoms with E-state index in [-0.39, 0.29) is 6.04 Å². The van der Waals surface area contributed by atoms with Gasteiger partial charge in [0.05, 0.1) is 0 Å². The maximum Gasteiger partial charge on any atom is 0.131 e. The van der Waals surface area contributed by atoms with E-state index in [0.29, 0.717) is 5.41 Å². The van der Waals surface area contributed by atoms with Crippen molar-refractivity contribution < 1.29 is 0 Å². The molecule has 1 aliphatic heterocycles. The van der Waals surface area contributed by atoms with Crippen molar-refractivity contribution in [2.45, 2.75) is 59.9 Å². The molecular weight excluding hydrogens is 258 g/mol. The number of hydrogen-bond donors (Lipinski definition) is 1. The summed E-state index contributed by atoms with van der Waals surface area (Å²) in [6.45, 7) is 13.6. The van der Waals surface area contributed by atoms with Crippen LogP contribution in [0.2, 0.25) is 0 Å². The Hall–Kier alpha value is -1.09. The van der Waals surface area contributed by atoms with Crippen molar-refractivity contribution in [3.63, 3.8) is 0 Å². The van der Waals surface area contributed by atoms with Gasteiger partial charge in [0.25, 0.3) is 0 Å². The van der Waals surface area contributed by atoms with Crippen LogP contribution in [0.15, 0.2) is 12.3 Å². The van der Waals surface area contributed by atoms with Gasteiger partial charge >= 0.3 is 0 Å². The van der Waals surface area contributed by atoms with Gasteiger partial charge in [-0.1, -0.05) is 33.8 Å². The highest BCUT2D eigenvalue weighted by molar-refractivity contribution is 5.48. The van der Waals surface area contributed by atoms with E-state index < -0.39 is 0 Å². The molecule has 3 nitrogen and oxygen atoms in total. The summed E-state index contributed by atoms with van der Waals surface area (Å²) < 4.78 is 0. The number of nitrogens with zero attached hydrogens (tertiary/aromatic N) is 2. The molecule has 0 aliphatic carbocycles. The van der Waals surface area contributed by atoms with Crippen molar-refractivity contribution in [3.8, 4) is 0 Å². The van der Waals surface area contributed by atoms with Gasteiger partial charge in [0.2, 0.25) is 0 Å². The Balaban J connectivity index is 2.08. The Morgan fingerprint density at radius 3 is 2.67 bits per heavy atom. The molecule has 1 aliphatic rings. The van der Waals surface area contributed by atoms with E-state index in [2.05, 4.69) is 45.6 Å². The van der Waals surface area contributed by atoms with E-state index in [9.17, 15) is 0 Å². The first kappa shape index (κ1) is 16.3. The minimum Gasteiger partial charge on any atom is -0.356 e. The first-order valence-electron chi connectivity index (χ1n) is 8.27. The van der Waals surface area contributed by atoms with E-state index in [1.165, 1.54) is 17.5 Å². The molecule has 2 atom stereocenters. The number of nitrogens with two attached hydrogens (primary N) is 1. The van der Waals surface area contributed by atoms with Crippen molar-refractivity contribution in [1.82, 2.24) is 4.98 Å². The average molecular weight is 289 g/mol. The fraction of sp³-hybridized carbons (Fsp3) is 0.722. The van der Waals surface area contributed by atoms with Crippen molar-refractivity contribution in [2.75, 3.05) is 18.0 Å². The molecule has 0 amide bonds. The zero-order valence-corrected chi connectivity index (χ0v) is 14.3. The molecule has 1 fully saturated rings. The zero-order valence-electron chi connectivity index (χ0n) is 14.3. The second kappa shape index (κ2) is 6.35. The summed E-state index contributed by atoms with van der Waals surface area (Å²) in [5.41, 5.74) is 8.97. The van der Waals surface area contributed by atoms with Crippen molar-refractivity contribution in [1.29, 1.82) is 0 Å². The minimum absolute atomic E-state index is 0.245. The lowest BCUT2D eigenvalue weighted by molar-refractivity contribution is 0.263. The van der Waals surface area contributed by atoms with Crippen LogP contribution in [0.5, 0.6) is 0 Å². The van der Waals surface area contributed by atoms with Gasteiger partial charge < -0.3 is 10.6 Å². The normalized spacial score (nSPS) is 20.9. The smallest absolute Gasteiger partial charge is 0.131 e. The van der Waals surface area contributed by atoms with Gasteiger partial charge in [-0.05, 0) is 48.6 Å². The maximum atomic E-state index is 6.04. The van der Waals surface area contributed by atoms with Crippen molar-refractivity contribution in [2.24, 2.45) is 17.1 Å². The Morgan fingerprint density at radius 1 is 1.43 bits per heavy atom. The van der Waals surface area contributed by atoms with Gasteiger partial charge in [-0.15, -0.1) is 0 Å². The second-order valence-electron chi connectivity index (χ2n) is 7.65. The molecule has 0 radical (unpaired) electrons. The van der Waals surface area contributed by atoms with Crippen LogP contribution in [0.1, 0.15) is 51.7 Å². The van der Waals surface area contributed by atoms with Crippen LogP contribution >= 0.6 is 0 Å². The lowest BCUT2D eigenvalue weighted by atomic mass is 9.80. The van der Waals surface area contributed by atoms with Crippen LogP contribution in [0.25, 0.3) is 0 Å². The van der Waals surface area contributed by atoms with Crippen LogP contribution in [0, 0.1) is 18.3 Å². The number of hydrogen-bond acceptors (Lipinski definition) is 3. The van der Waals surface area contributed by atoms with E-state index in [1.54, 1.807) is 0 Å². The number of anilines is 1. The SMILES string of the molecule is CCC(N)Cc1cnc(N2CCC(C(C)(C)C)C2)c(C)c1. The largest absolute Gasteiger partial charge is 0.356 e. The molecule has 0 spiro atoms. The second-order valence-corrected chi connectivity index (χ2v) is 7.65. The Kier molecular flexibility index (Phi) is 4.92.